The van der Waals surface area contributed by atoms with E-state index in [-0.39, 0.29) is 36.5 Å². The van der Waals surface area contributed by atoms with Crippen molar-refractivity contribution in [3.8, 4) is 11.4 Å². The Bertz CT molecular complexity index is 1440. The van der Waals surface area contributed by atoms with Crippen LogP contribution in [0.5, 0.6) is 0 Å². The number of nitrogens with zero attached hydrogens (tertiary/aromatic N) is 3. The standard InChI is InChI=1S/C30H31N3O4S/c1-23(2)37-29(34)17-14-24-8-6-9-26(20-24)22-33(38(35,36)28-10-4-3-5-11-28)21-25-12-15-27(16-13-25)30-31-18-7-19-32-30/h3-13,15-16,18-20,23H,14,17,21-22H2,1-2H3. The van der Waals surface area contributed by atoms with E-state index in [2.05, 4.69) is 9.97 Å². The summed E-state index contributed by atoms with van der Waals surface area (Å²) >= 11 is 0. The molecule has 1 aromatic heterocycles. The molecule has 1 heterocycles. The van der Waals surface area contributed by atoms with Gasteiger partial charge in [0.25, 0.3) is 0 Å². The van der Waals surface area contributed by atoms with E-state index < -0.39 is 10.0 Å². The Morgan fingerprint density at radius 3 is 2.16 bits per heavy atom. The van der Waals surface area contributed by atoms with Crippen LogP contribution in [0.3, 0.4) is 0 Å². The molecule has 0 aliphatic carbocycles. The molecule has 3 aromatic carbocycles. The quantitative estimate of drug-likeness (QED) is 0.241. The number of carbonyl (C=O) groups excluding carboxylic acids is 1. The van der Waals surface area contributed by atoms with Gasteiger partial charge in [0.2, 0.25) is 10.0 Å². The molecule has 0 N–H and O–H groups in total. The molecule has 0 saturated heterocycles. The number of carbonyl (C=O) groups is 1. The van der Waals surface area contributed by atoms with Gasteiger partial charge in [0.05, 0.1) is 11.0 Å². The smallest absolute Gasteiger partial charge is 0.306 e. The second-order valence-corrected chi connectivity index (χ2v) is 11.2. The van der Waals surface area contributed by atoms with Crippen LogP contribution in [0.15, 0.2) is 102 Å². The highest BCUT2D eigenvalue weighted by Gasteiger charge is 2.25. The number of aromatic nitrogens is 2. The molecule has 0 spiro atoms. The van der Waals surface area contributed by atoms with Crippen molar-refractivity contribution in [2.75, 3.05) is 0 Å². The lowest BCUT2D eigenvalue weighted by molar-refractivity contribution is -0.147. The van der Waals surface area contributed by atoms with E-state index in [0.717, 1.165) is 22.3 Å². The number of aryl methyl sites for hydroxylation is 1. The van der Waals surface area contributed by atoms with Crippen molar-refractivity contribution in [3.05, 3.63) is 114 Å². The van der Waals surface area contributed by atoms with Gasteiger partial charge in [0, 0.05) is 37.5 Å². The van der Waals surface area contributed by atoms with Crippen molar-refractivity contribution >= 4 is 16.0 Å². The minimum absolute atomic E-state index is 0.153. The Morgan fingerprint density at radius 1 is 0.816 bits per heavy atom. The molecule has 4 aromatic rings. The molecule has 38 heavy (non-hydrogen) atoms. The van der Waals surface area contributed by atoms with Gasteiger partial charge in [-0.15, -0.1) is 0 Å². The lowest BCUT2D eigenvalue weighted by Crippen LogP contribution is -2.30. The van der Waals surface area contributed by atoms with Crippen LogP contribution in [0, 0.1) is 0 Å². The molecule has 0 aliphatic heterocycles. The molecule has 8 heteroatoms. The van der Waals surface area contributed by atoms with Crippen molar-refractivity contribution in [1.82, 2.24) is 14.3 Å². The summed E-state index contributed by atoms with van der Waals surface area (Å²) in [6.07, 6.45) is 4.01. The minimum Gasteiger partial charge on any atom is -0.463 e. The number of esters is 1. The Hall–Kier alpha value is -3.88. The van der Waals surface area contributed by atoms with Crippen LogP contribution in [0.4, 0.5) is 0 Å². The highest BCUT2D eigenvalue weighted by atomic mass is 32.2. The van der Waals surface area contributed by atoms with Crippen molar-refractivity contribution < 1.29 is 17.9 Å². The molecule has 0 bridgehead atoms. The average Bonchev–Trinajstić information content (AvgIpc) is 2.93. The van der Waals surface area contributed by atoms with E-state index in [1.54, 1.807) is 48.8 Å². The third kappa shape index (κ3) is 7.34. The Labute approximate surface area is 224 Å². The largest absolute Gasteiger partial charge is 0.463 e. The fraction of sp³-hybridized carbons (Fsp3) is 0.233. The predicted octanol–water partition coefficient (Wildman–Crippen LogP) is 5.42. The minimum atomic E-state index is -3.78. The molecule has 0 unspecified atom stereocenters. The van der Waals surface area contributed by atoms with Crippen LogP contribution in [0.1, 0.15) is 37.0 Å². The zero-order valence-electron chi connectivity index (χ0n) is 21.5. The van der Waals surface area contributed by atoms with E-state index in [9.17, 15) is 13.2 Å². The van der Waals surface area contributed by atoms with Gasteiger partial charge in [-0.05, 0) is 55.2 Å². The van der Waals surface area contributed by atoms with E-state index in [1.807, 2.05) is 62.4 Å². The van der Waals surface area contributed by atoms with Crippen LogP contribution in [-0.2, 0) is 39.1 Å². The molecule has 4 rings (SSSR count). The van der Waals surface area contributed by atoms with E-state index in [0.29, 0.717) is 12.2 Å². The molecule has 196 valence electrons. The van der Waals surface area contributed by atoms with Crippen molar-refractivity contribution in [3.63, 3.8) is 0 Å². The number of rotatable bonds is 11. The summed E-state index contributed by atoms with van der Waals surface area (Å²) < 4.78 is 34.1. The van der Waals surface area contributed by atoms with Gasteiger partial charge in [-0.2, -0.15) is 4.31 Å². The summed E-state index contributed by atoms with van der Waals surface area (Å²) in [7, 11) is -3.78. The normalized spacial score (nSPS) is 11.6. The first-order chi connectivity index (χ1) is 18.3. The van der Waals surface area contributed by atoms with Gasteiger partial charge in [-0.25, -0.2) is 18.4 Å². The Balaban J connectivity index is 1.56. The van der Waals surface area contributed by atoms with Gasteiger partial charge in [0.15, 0.2) is 5.82 Å². The molecule has 0 aliphatic rings. The second-order valence-electron chi connectivity index (χ2n) is 9.21. The molecule has 0 saturated carbocycles. The summed E-state index contributed by atoms with van der Waals surface area (Å²) in [6.45, 7) is 4.02. The molecule has 0 amide bonds. The number of benzene rings is 3. The van der Waals surface area contributed by atoms with Gasteiger partial charge in [-0.3, -0.25) is 4.79 Å². The fourth-order valence-electron chi connectivity index (χ4n) is 4.03. The maximum absolute atomic E-state index is 13.7. The third-order valence-electron chi connectivity index (χ3n) is 5.85. The highest BCUT2D eigenvalue weighted by Crippen LogP contribution is 2.23. The van der Waals surface area contributed by atoms with Crippen LogP contribution in [-0.4, -0.2) is 34.8 Å². The number of hydrogen-bond donors (Lipinski definition) is 0. The molecule has 7 nitrogen and oxygen atoms in total. The molecule has 0 radical (unpaired) electrons. The SMILES string of the molecule is CC(C)OC(=O)CCc1cccc(CN(Cc2ccc(-c3ncccn3)cc2)S(=O)(=O)c2ccccc2)c1. The lowest BCUT2D eigenvalue weighted by atomic mass is 10.1. The summed E-state index contributed by atoms with van der Waals surface area (Å²) in [5, 5.41) is 0. The van der Waals surface area contributed by atoms with E-state index >= 15 is 0 Å². The summed E-state index contributed by atoms with van der Waals surface area (Å²) in [4.78, 5) is 20.8. The van der Waals surface area contributed by atoms with Crippen LogP contribution in [0.2, 0.25) is 0 Å². The maximum Gasteiger partial charge on any atom is 0.306 e. The van der Waals surface area contributed by atoms with Crippen LogP contribution >= 0.6 is 0 Å². The fourth-order valence-corrected chi connectivity index (χ4v) is 5.47. The van der Waals surface area contributed by atoms with Gasteiger partial charge < -0.3 is 4.74 Å². The molecule has 0 atom stereocenters. The third-order valence-corrected chi connectivity index (χ3v) is 7.66. The van der Waals surface area contributed by atoms with E-state index in [4.69, 9.17) is 4.74 Å². The number of sulfonamides is 1. The zero-order valence-corrected chi connectivity index (χ0v) is 22.3. The van der Waals surface area contributed by atoms with Gasteiger partial charge in [0.1, 0.15) is 0 Å². The second kappa shape index (κ2) is 12.6. The predicted molar refractivity (Wildman–Crippen MR) is 146 cm³/mol. The summed E-state index contributed by atoms with van der Waals surface area (Å²) in [6, 6.07) is 25.5. The topological polar surface area (TPSA) is 89.5 Å². The van der Waals surface area contributed by atoms with E-state index in [1.165, 1.54) is 4.31 Å². The van der Waals surface area contributed by atoms with Crippen LogP contribution < -0.4 is 0 Å². The number of ether oxygens (including phenoxy) is 1. The maximum atomic E-state index is 13.7. The van der Waals surface area contributed by atoms with Crippen molar-refractivity contribution in [2.24, 2.45) is 0 Å². The van der Waals surface area contributed by atoms with Gasteiger partial charge in [-0.1, -0.05) is 66.7 Å². The lowest BCUT2D eigenvalue weighted by Gasteiger charge is -2.23. The molecular weight excluding hydrogens is 498 g/mol. The average molecular weight is 530 g/mol. The Kier molecular flexibility index (Phi) is 8.99. The first kappa shape index (κ1) is 27.2. The van der Waals surface area contributed by atoms with Crippen molar-refractivity contribution in [1.29, 1.82) is 0 Å². The van der Waals surface area contributed by atoms with Gasteiger partial charge >= 0.3 is 5.97 Å². The molecule has 0 fully saturated rings. The Morgan fingerprint density at radius 2 is 1.47 bits per heavy atom. The number of hydrogen-bond acceptors (Lipinski definition) is 6. The first-order valence-corrected chi connectivity index (χ1v) is 13.9. The van der Waals surface area contributed by atoms with Crippen molar-refractivity contribution in [2.45, 2.75) is 50.8 Å². The highest BCUT2D eigenvalue weighted by molar-refractivity contribution is 7.89. The summed E-state index contributed by atoms with van der Waals surface area (Å²) in [5.41, 5.74) is 3.49. The van der Waals surface area contributed by atoms with Crippen LogP contribution in [0.25, 0.3) is 11.4 Å². The zero-order chi connectivity index (χ0) is 27.0. The summed E-state index contributed by atoms with van der Waals surface area (Å²) in [5.74, 6) is 0.366. The first-order valence-electron chi connectivity index (χ1n) is 12.5. The monoisotopic (exact) mass is 529 g/mol. The molecular formula is C30H31N3O4S.